The number of rotatable bonds is 3. The average molecular weight is 389 g/mol. The van der Waals surface area contributed by atoms with Crippen LogP contribution in [0.5, 0.6) is 0 Å². The monoisotopic (exact) mass is 388 g/mol. The van der Waals surface area contributed by atoms with Crippen molar-refractivity contribution >= 4 is 34.4 Å². The Morgan fingerprint density at radius 1 is 1.19 bits per heavy atom. The lowest BCUT2D eigenvalue weighted by Crippen LogP contribution is -2.17. The second-order valence-corrected chi connectivity index (χ2v) is 6.87. The summed E-state index contributed by atoms with van der Waals surface area (Å²) in [5, 5.41) is 4.91. The molecule has 0 radical (unpaired) electrons. The van der Waals surface area contributed by atoms with Crippen molar-refractivity contribution in [2.24, 2.45) is 0 Å². The molecule has 0 saturated carbocycles. The van der Waals surface area contributed by atoms with Crippen molar-refractivity contribution in [3.63, 3.8) is 0 Å². The standard InChI is InChI=1S/C18H14Cl2N4O2/c1-9-16(10(2)26-23-9)12-6-15-17(21-7-12)22-18(25)24(15)8-11-3-4-13(19)14(20)5-11/h3-7H,8H2,1-2H3,(H,21,22,25). The van der Waals surface area contributed by atoms with E-state index in [0.717, 1.165) is 22.4 Å². The van der Waals surface area contributed by atoms with E-state index < -0.39 is 0 Å². The Morgan fingerprint density at radius 3 is 2.69 bits per heavy atom. The maximum atomic E-state index is 12.4. The number of pyridine rings is 1. The van der Waals surface area contributed by atoms with Gasteiger partial charge in [0, 0.05) is 17.3 Å². The summed E-state index contributed by atoms with van der Waals surface area (Å²) in [5.74, 6) is 0.706. The van der Waals surface area contributed by atoms with Crippen LogP contribution in [0.1, 0.15) is 17.0 Å². The summed E-state index contributed by atoms with van der Waals surface area (Å²) in [6.45, 7) is 4.07. The number of aryl methyl sites for hydroxylation is 2. The molecule has 1 N–H and O–H groups in total. The number of benzene rings is 1. The minimum Gasteiger partial charge on any atom is -0.361 e. The van der Waals surface area contributed by atoms with Crippen molar-refractivity contribution in [1.29, 1.82) is 0 Å². The van der Waals surface area contributed by atoms with Gasteiger partial charge in [-0.25, -0.2) is 9.78 Å². The molecule has 0 atom stereocenters. The van der Waals surface area contributed by atoms with E-state index in [1.165, 1.54) is 0 Å². The lowest BCUT2D eigenvalue weighted by molar-refractivity contribution is 0.393. The van der Waals surface area contributed by atoms with Crippen LogP contribution in [-0.2, 0) is 6.54 Å². The second kappa shape index (κ2) is 6.30. The summed E-state index contributed by atoms with van der Waals surface area (Å²) in [6.07, 6.45) is 1.70. The summed E-state index contributed by atoms with van der Waals surface area (Å²) in [4.78, 5) is 19.6. The first-order valence-corrected chi connectivity index (χ1v) is 8.65. The number of nitrogens with one attached hydrogen (secondary N) is 1. The number of imidazole rings is 1. The normalized spacial score (nSPS) is 11.4. The summed E-state index contributed by atoms with van der Waals surface area (Å²) in [6, 6.07) is 7.21. The number of hydrogen-bond acceptors (Lipinski definition) is 4. The molecular formula is C18H14Cl2N4O2. The van der Waals surface area contributed by atoms with Gasteiger partial charge in [-0.15, -0.1) is 0 Å². The van der Waals surface area contributed by atoms with Gasteiger partial charge in [0.15, 0.2) is 5.65 Å². The van der Waals surface area contributed by atoms with E-state index in [2.05, 4.69) is 15.1 Å². The minimum atomic E-state index is -0.241. The third kappa shape index (κ3) is 2.81. The number of fused-ring (bicyclic) bond motifs is 1. The largest absolute Gasteiger partial charge is 0.361 e. The molecule has 0 unspecified atom stereocenters. The van der Waals surface area contributed by atoms with Crippen LogP contribution in [-0.4, -0.2) is 19.7 Å². The fourth-order valence-corrected chi connectivity index (χ4v) is 3.36. The number of nitrogens with zero attached hydrogens (tertiary/aromatic N) is 3. The zero-order valence-electron chi connectivity index (χ0n) is 14.0. The molecule has 0 aliphatic carbocycles. The molecule has 132 valence electrons. The maximum absolute atomic E-state index is 12.4. The molecule has 6 nitrogen and oxygen atoms in total. The molecule has 0 saturated heterocycles. The first kappa shape index (κ1) is 16.9. The van der Waals surface area contributed by atoms with Gasteiger partial charge in [-0.05, 0) is 37.6 Å². The summed E-state index contributed by atoms with van der Waals surface area (Å²) < 4.78 is 6.85. The Morgan fingerprint density at radius 2 is 2.00 bits per heavy atom. The fourth-order valence-electron chi connectivity index (χ4n) is 3.04. The van der Waals surface area contributed by atoms with Crippen LogP contribution >= 0.6 is 23.2 Å². The van der Waals surface area contributed by atoms with Gasteiger partial charge in [-0.1, -0.05) is 34.4 Å². The van der Waals surface area contributed by atoms with Crippen LogP contribution in [0, 0.1) is 13.8 Å². The Balaban J connectivity index is 1.84. The highest BCUT2D eigenvalue weighted by molar-refractivity contribution is 6.42. The number of aromatic amines is 1. The predicted octanol–water partition coefficient (Wildman–Crippen LogP) is 4.35. The van der Waals surface area contributed by atoms with Gasteiger partial charge in [-0.3, -0.25) is 9.55 Å². The number of halogens is 2. The van der Waals surface area contributed by atoms with Crippen molar-refractivity contribution in [1.82, 2.24) is 19.7 Å². The molecule has 0 spiro atoms. The Bertz CT molecular complexity index is 1170. The molecule has 0 bridgehead atoms. The van der Waals surface area contributed by atoms with Crippen molar-refractivity contribution in [2.75, 3.05) is 0 Å². The smallest absolute Gasteiger partial charge is 0.327 e. The Labute approximate surface area is 158 Å². The van der Waals surface area contributed by atoms with E-state index in [9.17, 15) is 4.79 Å². The van der Waals surface area contributed by atoms with E-state index in [1.807, 2.05) is 26.0 Å². The maximum Gasteiger partial charge on any atom is 0.327 e. The van der Waals surface area contributed by atoms with Gasteiger partial charge in [0.1, 0.15) is 5.76 Å². The topological polar surface area (TPSA) is 76.7 Å². The van der Waals surface area contributed by atoms with Gasteiger partial charge in [0.25, 0.3) is 0 Å². The van der Waals surface area contributed by atoms with Crippen LogP contribution in [0.2, 0.25) is 10.0 Å². The number of aromatic nitrogens is 4. The van der Waals surface area contributed by atoms with Crippen LogP contribution in [0.4, 0.5) is 0 Å². The zero-order chi connectivity index (χ0) is 18.4. The highest BCUT2D eigenvalue weighted by atomic mass is 35.5. The molecule has 1 aromatic carbocycles. The van der Waals surface area contributed by atoms with Crippen molar-refractivity contribution < 1.29 is 4.52 Å². The third-order valence-electron chi connectivity index (χ3n) is 4.28. The molecule has 0 amide bonds. The molecule has 26 heavy (non-hydrogen) atoms. The zero-order valence-corrected chi connectivity index (χ0v) is 15.5. The van der Waals surface area contributed by atoms with Gasteiger partial charge in [-0.2, -0.15) is 0 Å². The Hall–Kier alpha value is -2.57. The lowest BCUT2D eigenvalue weighted by Gasteiger charge is -2.06. The highest BCUT2D eigenvalue weighted by Gasteiger charge is 2.15. The van der Waals surface area contributed by atoms with Crippen LogP contribution in [0.15, 0.2) is 39.8 Å². The predicted molar refractivity (Wildman–Crippen MR) is 101 cm³/mol. The Kier molecular flexibility index (Phi) is 4.09. The van der Waals surface area contributed by atoms with Gasteiger partial charge < -0.3 is 4.52 Å². The highest BCUT2D eigenvalue weighted by Crippen LogP contribution is 2.28. The van der Waals surface area contributed by atoms with E-state index in [0.29, 0.717) is 33.5 Å². The van der Waals surface area contributed by atoms with E-state index in [1.54, 1.807) is 22.9 Å². The van der Waals surface area contributed by atoms with Crippen molar-refractivity contribution in [2.45, 2.75) is 20.4 Å². The molecular weight excluding hydrogens is 375 g/mol. The number of hydrogen-bond donors (Lipinski definition) is 1. The van der Waals surface area contributed by atoms with Gasteiger partial charge in [0.05, 0.1) is 27.8 Å². The first-order valence-electron chi connectivity index (χ1n) is 7.90. The minimum absolute atomic E-state index is 0.241. The third-order valence-corrected chi connectivity index (χ3v) is 5.01. The van der Waals surface area contributed by atoms with Gasteiger partial charge in [0.2, 0.25) is 0 Å². The van der Waals surface area contributed by atoms with Crippen LogP contribution < -0.4 is 5.69 Å². The lowest BCUT2D eigenvalue weighted by atomic mass is 10.1. The van der Waals surface area contributed by atoms with E-state index in [-0.39, 0.29) is 5.69 Å². The molecule has 3 aromatic heterocycles. The second-order valence-electron chi connectivity index (χ2n) is 6.06. The molecule has 4 aromatic rings. The first-order chi connectivity index (χ1) is 12.4. The summed E-state index contributed by atoms with van der Waals surface area (Å²) in [7, 11) is 0. The average Bonchev–Trinajstić information content (AvgIpc) is 3.10. The van der Waals surface area contributed by atoms with E-state index in [4.69, 9.17) is 27.7 Å². The number of H-pyrrole nitrogens is 1. The van der Waals surface area contributed by atoms with E-state index >= 15 is 0 Å². The summed E-state index contributed by atoms with van der Waals surface area (Å²) in [5.41, 5.74) is 4.34. The van der Waals surface area contributed by atoms with Crippen LogP contribution in [0.25, 0.3) is 22.3 Å². The van der Waals surface area contributed by atoms with Crippen LogP contribution in [0.3, 0.4) is 0 Å². The molecule has 0 fully saturated rings. The summed E-state index contributed by atoms with van der Waals surface area (Å²) >= 11 is 12.0. The van der Waals surface area contributed by atoms with Crippen molar-refractivity contribution in [3.05, 3.63) is 68.0 Å². The SMILES string of the molecule is Cc1noc(C)c1-c1cnc2[nH]c(=O)n(Cc3ccc(Cl)c(Cl)c3)c2c1. The van der Waals surface area contributed by atoms with Gasteiger partial charge >= 0.3 is 5.69 Å². The molecule has 4 rings (SSSR count). The quantitative estimate of drug-likeness (QED) is 0.565. The molecule has 3 heterocycles. The molecule has 0 aliphatic heterocycles. The molecule has 8 heteroatoms. The van der Waals surface area contributed by atoms with Crippen molar-refractivity contribution in [3.8, 4) is 11.1 Å². The molecule has 0 aliphatic rings. The fraction of sp³-hybridized carbons (Fsp3) is 0.167.